The number of rotatable bonds is 7. The molecule has 37 heavy (non-hydrogen) atoms. The van der Waals surface area contributed by atoms with Crippen LogP contribution >= 0.6 is 0 Å². The molecule has 0 aliphatic carbocycles. The van der Waals surface area contributed by atoms with E-state index in [9.17, 15) is 26.7 Å². The second-order valence-electron chi connectivity index (χ2n) is 7.53. The minimum Gasteiger partial charge on any atom is -0.475 e. The van der Waals surface area contributed by atoms with Gasteiger partial charge in [-0.05, 0) is 30.3 Å². The molecular formula is C24H18F5N5O3. The van der Waals surface area contributed by atoms with E-state index in [-0.39, 0.29) is 36.2 Å². The van der Waals surface area contributed by atoms with E-state index >= 15 is 0 Å². The third-order valence-electron chi connectivity index (χ3n) is 4.79. The summed E-state index contributed by atoms with van der Waals surface area (Å²) >= 11 is 0. The molecule has 0 aliphatic rings. The lowest BCUT2D eigenvalue weighted by atomic mass is 10.2. The minimum atomic E-state index is -4.60. The summed E-state index contributed by atoms with van der Waals surface area (Å²) in [4.78, 5) is 20.7. The van der Waals surface area contributed by atoms with Crippen LogP contribution in [0.15, 0.2) is 60.8 Å². The number of aromatic nitrogens is 2. The average molecular weight is 519 g/mol. The number of carbonyl (C=O) groups is 1. The summed E-state index contributed by atoms with van der Waals surface area (Å²) in [5.74, 6) is -2.91. The number of ether oxygens (including phenoxy) is 2. The zero-order valence-corrected chi connectivity index (χ0v) is 18.8. The predicted octanol–water partition coefficient (Wildman–Crippen LogP) is 5.70. The fraction of sp³-hybridized carbons (Fsp3) is 0.125. The molecule has 192 valence electrons. The summed E-state index contributed by atoms with van der Waals surface area (Å²) in [6, 6.07) is 9.08. The van der Waals surface area contributed by atoms with E-state index in [1.54, 1.807) is 6.07 Å². The van der Waals surface area contributed by atoms with Crippen molar-refractivity contribution in [3.63, 3.8) is 0 Å². The summed E-state index contributed by atoms with van der Waals surface area (Å²) in [7, 11) is 0. The van der Waals surface area contributed by atoms with Crippen LogP contribution in [0, 0.1) is 11.6 Å². The van der Waals surface area contributed by atoms with Crippen molar-refractivity contribution in [3.05, 3.63) is 78.0 Å². The normalized spacial score (nSPS) is 11.3. The van der Waals surface area contributed by atoms with Gasteiger partial charge in [0.1, 0.15) is 12.4 Å². The zero-order valence-electron chi connectivity index (χ0n) is 18.8. The molecule has 0 atom stereocenters. The Morgan fingerprint density at radius 3 is 2.51 bits per heavy atom. The van der Waals surface area contributed by atoms with Gasteiger partial charge in [0, 0.05) is 36.1 Å². The van der Waals surface area contributed by atoms with E-state index in [4.69, 9.17) is 15.2 Å². The lowest BCUT2D eigenvalue weighted by Gasteiger charge is -2.13. The molecule has 1 heterocycles. The number of carbonyl (C=O) groups excluding carboxylic acids is 1. The second kappa shape index (κ2) is 10.6. The van der Waals surface area contributed by atoms with Gasteiger partial charge in [0.15, 0.2) is 11.6 Å². The lowest BCUT2D eigenvalue weighted by Crippen LogP contribution is -2.20. The summed E-state index contributed by atoms with van der Waals surface area (Å²) in [6.07, 6.45) is -3.19. The van der Waals surface area contributed by atoms with E-state index in [1.165, 1.54) is 24.4 Å². The van der Waals surface area contributed by atoms with Crippen molar-refractivity contribution < 1.29 is 36.2 Å². The van der Waals surface area contributed by atoms with Gasteiger partial charge in [-0.3, -0.25) is 0 Å². The Bertz CT molecular complexity index is 1450. The van der Waals surface area contributed by atoms with Crippen molar-refractivity contribution >= 4 is 28.4 Å². The summed E-state index contributed by atoms with van der Waals surface area (Å²) in [5, 5.41) is 4.44. The molecular weight excluding hydrogens is 501 g/mol. The molecule has 2 amide bonds. The zero-order chi connectivity index (χ0) is 26.6. The molecule has 0 unspecified atom stereocenters. The number of nitrogens with zero attached hydrogens (tertiary/aromatic N) is 2. The average Bonchev–Trinajstić information content (AvgIpc) is 2.85. The Labute approximate surface area is 206 Å². The van der Waals surface area contributed by atoms with Gasteiger partial charge in [-0.2, -0.15) is 17.6 Å². The van der Waals surface area contributed by atoms with Crippen LogP contribution in [0.4, 0.5) is 38.1 Å². The van der Waals surface area contributed by atoms with Crippen molar-refractivity contribution in [2.45, 2.75) is 6.18 Å². The van der Waals surface area contributed by atoms with Gasteiger partial charge in [0.25, 0.3) is 0 Å². The SMILES string of the molecule is NCCOc1cnc2ccc(Oc3cc(NC(=O)Nc4cccc(C(F)(F)F)c4)cc(F)c3F)cc2n1. The maximum atomic E-state index is 14.4. The molecule has 0 saturated carbocycles. The largest absolute Gasteiger partial charge is 0.475 e. The predicted molar refractivity (Wildman–Crippen MR) is 125 cm³/mol. The van der Waals surface area contributed by atoms with Crippen molar-refractivity contribution in [3.8, 4) is 17.4 Å². The van der Waals surface area contributed by atoms with Gasteiger partial charge >= 0.3 is 12.2 Å². The number of nitrogens with one attached hydrogen (secondary N) is 2. The van der Waals surface area contributed by atoms with E-state index in [2.05, 4.69) is 20.6 Å². The number of hydrogen-bond acceptors (Lipinski definition) is 6. The number of nitrogens with two attached hydrogens (primary N) is 1. The highest BCUT2D eigenvalue weighted by atomic mass is 19.4. The quantitative estimate of drug-likeness (QED) is 0.270. The lowest BCUT2D eigenvalue weighted by molar-refractivity contribution is -0.137. The van der Waals surface area contributed by atoms with Crippen molar-refractivity contribution in [1.82, 2.24) is 9.97 Å². The fourth-order valence-corrected chi connectivity index (χ4v) is 3.17. The molecule has 0 radical (unpaired) electrons. The van der Waals surface area contributed by atoms with Gasteiger partial charge in [-0.25, -0.2) is 19.2 Å². The maximum absolute atomic E-state index is 14.4. The molecule has 13 heteroatoms. The maximum Gasteiger partial charge on any atom is 0.416 e. The number of hydrogen-bond donors (Lipinski definition) is 3. The van der Waals surface area contributed by atoms with Gasteiger partial charge in [0.05, 0.1) is 22.8 Å². The number of fused-ring (bicyclic) bond motifs is 1. The topological polar surface area (TPSA) is 111 Å². The Balaban J connectivity index is 1.52. The molecule has 1 aromatic heterocycles. The fourth-order valence-electron chi connectivity index (χ4n) is 3.17. The highest BCUT2D eigenvalue weighted by Gasteiger charge is 2.30. The van der Waals surface area contributed by atoms with Gasteiger partial charge < -0.3 is 25.8 Å². The molecule has 4 N–H and O–H groups in total. The van der Waals surface area contributed by atoms with Crippen LogP contribution in [-0.4, -0.2) is 29.2 Å². The first-order valence-corrected chi connectivity index (χ1v) is 10.6. The number of halogens is 5. The molecule has 0 saturated heterocycles. The Morgan fingerprint density at radius 1 is 0.973 bits per heavy atom. The monoisotopic (exact) mass is 519 g/mol. The molecule has 0 bridgehead atoms. The van der Waals surface area contributed by atoms with E-state index in [0.717, 1.165) is 24.3 Å². The third-order valence-corrected chi connectivity index (χ3v) is 4.79. The van der Waals surface area contributed by atoms with Crippen LogP contribution in [0.3, 0.4) is 0 Å². The molecule has 8 nitrogen and oxygen atoms in total. The highest BCUT2D eigenvalue weighted by molar-refractivity contribution is 5.99. The van der Waals surface area contributed by atoms with E-state index in [0.29, 0.717) is 17.1 Å². The van der Waals surface area contributed by atoms with Crippen molar-refractivity contribution in [2.24, 2.45) is 5.73 Å². The van der Waals surface area contributed by atoms with Crippen molar-refractivity contribution in [1.29, 1.82) is 0 Å². The Hall–Kier alpha value is -4.52. The standard InChI is InChI=1S/C24H18F5N5O3/c25-17-9-15(33-23(35)32-14-3-1-2-13(8-14)24(27,28)29)10-20(22(17)26)37-16-4-5-18-19(11-16)34-21(12-31-18)36-7-6-30/h1-5,8-12H,6-7,30H2,(H2,32,33,35). The van der Waals surface area contributed by atoms with Gasteiger partial charge in [0.2, 0.25) is 11.7 Å². The summed E-state index contributed by atoms with van der Waals surface area (Å²) in [6.45, 7) is 0.498. The molecule has 4 aromatic rings. The van der Waals surface area contributed by atoms with Crippen LogP contribution in [0.5, 0.6) is 17.4 Å². The van der Waals surface area contributed by atoms with Gasteiger partial charge in [-0.1, -0.05) is 6.07 Å². The number of urea groups is 1. The Kier molecular flexibility index (Phi) is 7.34. The highest BCUT2D eigenvalue weighted by Crippen LogP contribution is 2.32. The Morgan fingerprint density at radius 2 is 1.76 bits per heavy atom. The van der Waals surface area contributed by atoms with Crippen LogP contribution in [-0.2, 0) is 6.18 Å². The van der Waals surface area contributed by atoms with Crippen LogP contribution in [0.1, 0.15) is 5.56 Å². The minimum absolute atomic E-state index is 0.0849. The van der Waals surface area contributed by atoms with Gasteiger partial charge in [-0.15, -0.1) is 0 Å². The van der Waals surface area contributed by atoms with Crippen LogP contribution in [0.25, 0.3) is 11.0 Å². The summed E-state index contributed by atoms with van der Waals surface area (Å²) < 4.78 is 78.1. The number of anilines is 2. The molecule has 3 aromatic carbocycles. The number of amides is 2. The molecule has 0 fully saturated rings. The van der Waals surface area contributed by atoms with Crippen molar-refractivity contribution in [2.75, 3.05) is 23.8 Å². The second-order valence-corrected chi connectivity index (χ2v) is 7.53. The molecule has 0 spiro atoms. The van der Waals surface area contributed by atoms with Crippen LogP contribution < -0.4 is 25.8 Å². The van der Waals surface area contributed by atoms with E-state index < -0.39 is 35.2 Å². The first-order chi connectivity index (χ1) is 17.6. The smallest absolute Gasteiger partial charge is 0.416 e. The molecule has 4 rings (SSSR count). The first kappa shape index (κ1) is 25.6. The summed E-state index contributed by atoms with van der Waals surface area (Å²) in [5.41, 5.74) is 4.90. The number of benzene rings is 3. The molecule has 0 aliphatic heterocycles. The van der Waals surface area contributed by atoms with Crippen LogP contribution in [0.2, 0.25) is 0 Å². The third kappa shape index (κ3) is 6.38. The first-order valence-electron chi connectivity index (χ1n) is 10.6. The van der Waals surface area contributed by atoms with E-state index in [1.807, 2.05) is 0 Å². The number of alkyl halides is 3.